The standard InChI is InChI=1S/C20H32N4O5/c1-20(2)28-18-17(26)15(27-19(18)29-20)12-23-8-5-13(6-9-23)22-11-16(25)24-7-3-4-14(24)10-21/h13-15,17-19,22,26H,3-9,11-12H2,1-2H3/t14-,15+,17-,18+,19+/m0/s1. The SMILES string of the molecule is CC1(C)O[C@H]2O[C@H](CN3CCC(NCC(=O)N4CCC[C@H]4C#N)CC3)[C@H](O)[C@H]2O1. The summed E-state index contributed by atoms with van der Waals surface area (Å²) in [7, 11) is 0. The Morgan fingerprint density at radius 1 is 1.24 bits per heavy atom. The van der Waals surface area contributed by atoms with Gasteiger partial charge in [-0.25, -0.2) is 0 Å². The van der Waals surface area contributed by atoms with Crippen molar-refractivity contribution >= 4 is 5.91 Å². The second-order valence-corrected chi connectivity index (χ2v) is 8.96. The number of aliphatic hydroxyl groups excluding tert-OH is 1. The molecule has 1 amide bonds. The van der Waals surface area contributed by atoms with Crippen LogP contribution in [0, 0.1) is 11.3 Å². The molecule has 0 aromatic heterocycles. The van der Waals surface area contributed by atoms with Crippen molar-refractivity contribution in [1.29, 1.82) is 5.26 Å². The fraction of sp³-hybridized carbons (Fsp3) is 0.900. The summed E-state index contributed by atoms with van der Waals surface area (Å²) in [4.78, 5) is 16.3. The number of carbonyl (C=O) groups excluding carboxylic acids is 1. The first-order valence-electron chi connectivity index (χ1n) is 10.7. The molecule has 4 saturated heterocycles. The summed E-state index contributed by atoms with van der Waals surface area (Å²) in [5, 5.41) is 23.0. The maximum Gasteiger partial charge on any atom is 0.237 e. The zero-order chi connectivity index (χ0) is 20.6. The molecule has 2 N–H and O–H groups in total. The van der Waals surface area contributed by atoms with Gasteiger partial charge in [-0.05, 0) is 52.6 Å². The molecule has 4 rings (SSSR count). The summed E-state index contributed by atoms with van der Waals surface area (Å²) in [5.74, 6) is -0.696. The maximum absolute atomic E-state index is 12.4. The van der Waals surface area contributed by atoms with E-state index in [0.29, 0.717) is 25.7 Å². The highest BCUT2D eigenvalue weighted by atomic mass is 16.8. The number of likely N-dealkylation sites (tertiary alicyclic amines) is 2. The lowest BCUT2D eigenvalue weighted by atomic mass is 10.0. The number of nitrogens with one attached hydrogen (secondary N) is 1. The number of hydrogen-bond donors (Lipinski definition) is 2. The minimum atomic E-state index is -0.717. The van der Waals surface area contributed by atoms with Crippen molar-refractivity contribution in [3.63, 3.8) is 0 Å². The molecular weight excluding hydrogens is 376 g/mol. The summed E-state index contributed by atoms with van der Waals surface area (Å²) < 4.78 is 17.3. The lowest BCUT2D eigenvalue weighted by Gasteiger charge is -2.35. The Labute approximate surface area is 171 Å². The third-order valence-electron chi connectivity index (χ3n) is 6.40. The normalized spacial score (nSPS) is 37.6. The van der Waals surface area contributed by atoms with Gasteiger partial charge in [-0.15, -0.1) is 0 Å². The second-order valence-electron chi connectivity index (χ2n) is 8.96. The van der Waals surface area contributed by atoms with E-state index in [4.69, 9.17) is 19.5 Å². The highest BCUT2D eigenvalue weighted by Gasteiger charge is 2.54. The minimum Gasteiger partial charge on any atom is -0.387 e. The molecule has 0 aliphatic carbocycles. The Kier molecular flexibility index (Phi) is 6.11. The van der Waals surface area contributed by atoms with Crippen LogP contribution in [-0.2, 0) is 19.0 Å². The van der Waals surface area contributed by atoms with Crippen LogP contribution >= 0.6 is 0 Å². The Morgan fingerprint density at radius 2 is 2.00 bits per heavy atom. The molecule has 4 heterocycles. The van der Waals surface area contributed by atoms with Gasteiger partial charge >= 0.3 is 0 Å². The fourth-order valence-electron chi connectivity index (χ4n) is 4.82. The van der Waals surface area contributed by atoms with E-state index in [-0.39, 0.29) is 18.1 Å². The molecule has 0 radical (unpaired) electrons. The van der Waals surface area contributed by atoms with Crippen LogP contribution in [0.15, 0.2) is 0 Å². The number of piperidine rings is 1. The molecule has 0 spiro atoms. The van der Waals surface area contributed by atoms with Gasteiger partial charge in [-0.2, -0.15) is 5.26 Å². The van der Waals surface area contributed by atoms with E-state index in [1.807, 2.05) is 13.8 Å². The zero-order valence-corrected chi connectivity index (χ0v) is 17.2. The smallest absolute Gasteiger partial charge is 0.237 e. The van der Waals surface area contributed by atoms with Crippen molar-refractivity contribution < 1.29 is 24.1 Å². The highest BCUT2D eigenvalue weighted by molar-refractivity contribution is 5.79. The molecule has 0 unspecified atom stereocenters. The molecule has 0 bridgehead atoms. The first kappa shape index (κ1) is 21.0. The Bertz CT molecular complexity index is 645. The number of rotatable bonds is 5. The van der Waals surface area contributed by atoms with E-state index in [1.165, 1.54) is 0 Å². The quantitative estimate of drug-likeness (QED) is 0.644. The summed E-state index contributed by atoms with van der Waals surface area (Å²) in [6, 6.07) is 2.25. The van der Waals surface area contributed by atoms with E-state index >= 15 is 0 Å². The highest BCUT2D eigenvalue weighted by Crippen LogP contribution is 2.37. The Balaban J connectivity index is 1.17. The Morgan fingerprint density at radius 3 is 2.69 bits per heavy atom. The van der Waals surface area contributed by atoms with Gasteiger partial charge in [0, 0.05) is 19.1 Å². The van der Waals surface area contributed by atoms with Crippen molar-refractivity contribution in [3.8, 4) is 6.07 Å². The van der Waals surface area contributed by atoms with Gasteiger partial charge < -0.3 is 34.4 Å². The van der Waals surface area contributed by atoms with Crippen LogP contribution in [0.5, 0.6) is 0 Å². The van der Waals surface area contributed by atoms with Crippen LogP contribution in [0.4, 0.5) is 0 Å². The van der Waals surface area contributed by atoms with E-state index in [0.717, 1.165) is 38.8 Å². The van der Waals surface area contributed by atoms with Crippen LogP contribution in [0.1, 0.15) is 39.5 Å². The lowest BCUT2D eigenvalue weighted by Crippen LogP contribution is -2.49. The summed E-state index contributed by atoms with van der Waals surface area (Å²) in [6.07, 6.45) is 1.63. The number of amides is 1. The van der Waals surface area contributed by atoms with Crippen molar-refractivity contribution in [1.82, 2.24) is 15.1 Å². The van der Waals surface area contributed by atoms with E-state index in [2.05, 4.69) is 16.3 Å². The first-order valence-corrected chi connectivity index (χ1v) is 10.7. The molecule has 9 nitrogen and oxygen atoms in total. The van der Waals surface area contributed by atoms with Crippen LogP contribution in [0.25, 0.3) is 0 Å². The van der Waals surface area contributed by atoms with E-state index < -0.39 is 24.3 Å². The number of aliphatic hydroxyl groups is 1. The number of hydrogen-bond acceptors (Lipinski definition) is 8. The third-order valence-corrected chi connectivity index (χ3v) is 6.40. The van der Waals surface area contributed by atoms with Gasteiger partial charge in [-0.1, -0.05) is 0 Å². The van der Waals surface area contributed by atoms with Crippen molar-refractivity contribution in [2.45, 2.75) is 82.0 Å². The van der Waals surface area contributed by atoms with Gasteiger partial charge in [0.1, 0.15) is 24.4 Å². The predicted molar refractivity (Wildman–Crippen MR) is 103 cm³/mol. The van der Waals surface area contributed by atoms with Crippen molar-refractivity contribution in [2.75, 3.05) is 32.7 Å². The Hall–Kier alpha value is -1.28. The number of nitriles is 1. The van der Waals surface area contributed by atoms with Gasteiger partial charge in [-0.3, -0.25) is 4.79 Å². The topological polar surface area (TPSA) is 107 Å². The molecule has 162 valence electrons. The molecule has 0 aromatic rings. The number of ether oxygens (including phenoxy) is 3. The lowest BCUT2D eigenvalue weighted by molar-refractivity contribution is -0.216. The molecule has 29 heavy (non-hydrogen) atoms. The summed E-state index contributed by atoms with van der Waals surface area (Å²) in [6.45, 7) is 7.03. The molecule has 0 aromatic carbocycles. The van der Waals surface area contributed by atoms with E-state index in [1.54, 1.807) is 4.90 Å². The molecule has 9 heteroatoms. The number of carbonyl (C=O) groups is 1. The van der Waals surface area contributed by atoms with Crippen molar-refractivity contribution in [2.24, 2.45) is 0 Å². The molecule has 4 aliphatic heterocycles. The maximum atomic E-state index is 12.4. The summed E-state index contributed by atoms with van der Waals surface area (Å²) in [5.41, 5.74) is 0. The largest absolute Gasteiger partial charge is 0.387 e. The second kappa shape index (κ2) is 8.46. The molecule has 5 atom stereocenters. The van der Waals surface area contributed by atoms with E-state index in [9.17, 15) is 9.90 Å². The average Bonchev–Trinajstić information content (AvgIpc) is 3.36. The molecule has 4 fully saturated rings. The molecular formula is C20H32N4O5. The van der Waals surface area contributed by atoms with Crippen molar-refractivity contribution in [3.05, 3.63) is 0 Å². The zero-order valence-electron chi connectivity index (χ0n) is 17.2. The van der Waals surface area contributed by atoms with Gasteiger partial charge in [0.2, 0.25) is 5.91 Å². The minimum absolute atomic E-state index is 0.0217. The summed E-state index contributed by atoms with van der Waals surface area (Å²) >= 11 is 0. The van der Waals surface area contributed by atoms with Gasteiger partial charge in [0.25, 0.3) is 0 Å². The fourth-order valence-corrected chi connectivity index (χ4v) is 4.82. The van der Waals surface area contributed by atoms with Crippen LogP contribution in [0.3, 0.4) is 0 Å². The first-order chi connectivity index (χ1) is 13.9. The number of nitrogens with zero attached hydrogens (tertiary/aromatic N) is 3. The average molecular weight is 408 g/mol. The third kappa shape index (κ3) is 4.58. The molecule has 4 aliphatic rings. The van der Waals surface area contributed by atoms with Crippen LogP contribution in [0.2, 0.25) is 0 Å². The van der Waals surface area contributed by atoms with Crippen LogP contribution in [-0.4, -0.2) is 96.0 Å². The monoisotopic (exact) mass is 408 g/mol. The molecule has 0 saturated carbocycles. The van der Waals surface area contributed by atoms with Crippen LogP contribution < -0.4 is 5.32 Å². The predicted octanol–water partition coefficient (Wildman–Crippen LogP) is -0.208. The number of fused-ring (bicyclic) bond motifs is 1. The van der Waals surface area contributed by atoms with Gasteiger partial charge in [0.05, 0.1) is 12.6 Å². The van der Waals surface area contributed by atoms with Gasteiger partial charge in [0.15, 0.2) is 12.1 Å².